The Morgan fingerprint density at radius 3 is 2.31 bits per heavy atom. The van der Waals surface area contributed by atoms with Gasteiger partial charge in [0.2, 0.25) is 5.71 Å². The maximum absolute atomic E-state index is 13.0. The van der Waals surface area contributed by atoms with Gasteiger partial charge in [0.25, 0.3) is 0 Å². The maximum atomic E-state index is 13.0. The smallest absolute Gasteiger partial charge is 0.416 e. The number of fused-ring (bicyclic) bond motifs is 2. The van der Waals surface area contributed by atoms with E-state index in [1.165, 1.54) is 18.2 Å². The van der Waals surface area contributed by atoms with E-state index in [1.807, 2.05) is 12.1 Å². The van der Waals surface area contributed by atoms with Gasteiger partial charge in [-0.05, 0) is 23.8 Å². The third kappa shape index (κ3) is 3.51. The summed E-state index contributed by atoms with van der Waals surface area (Å²) in [7, 11) is 1.69. The number of carbonyl (C=O) groups is 1. The highest BCUT2D eigenvalue weighted by molar-refractivity contribution is 6.29. The quantitative estimate of drug-likeness (QED) is 0.267. The number of allylic oxidation sites excluding steroid dienone is 3. The number of nitriles is 2. The van der Waals surface area contributed by atoms with Gasteiger partial charge in [0.1, 0.15) is 34.8 Å². The van der Waals surface area contributed by atoms with Crippen LogP contribution in [0.4, 0.5) is 13.2 Å². The molecular weight excluding hydrogens is 457 g/mol. The van der Waals surface area contributed by atoms with Gasteiger partial charge >= 0.3 is 6.18 Å². The number of halogens is 3. The van der Waals surface area contributed by atoms with Crippen LogP contribution in [0, 0.1) is 22.7 Å². The van der Waals surface area contributed by atoms with Gasteiger partial charge in [-0.2, -0.15) is 28.7 Å². The summed E-state index contributed by atoms with van der Waals surface area (Å²) in [5.74, 6) is 0.353. The zero-order chi connectivity index (χ0) is 24.9. The molecule has 0 atom stereocenters. The van der Waals surface area contributed by atoms with E-state index in [2.05, 4.69) is 4.98 Å². The molecule has 0 unspecified atom stereocenters. The van der Waals surface area contributed by atoms with Crippen molar-refractivity contribution in [2.75, 3.05) is 0 Å². The number of ketones is 1. The molecule has 9 heteroatoms. The van der Waals surface area contributed by atoms with E-state index in [0.717, 1.165) is 12.1 Å². The summed E-state index contributed by atoms with van der Waals surface area (Å²) in [4.78, 5) is 17.4. The third-order valence-electron chi connectivity index (χ3n) is 5.78. The summed E-state index contributed by atoms with van der Waals surface area (Å²) < 4.78 is 46.1. The maximum Gasteiger partial charge on any atom is 0.416 e. The SMILES string of the molecule is Cn1c(-c2ccc(C(F)(F)F)cc2)nc2oc(/C=C3\C(=O)c4ccccc4C3=C(C#N)C#N)cc21. The lowest BCUT2D eigenvalue weighted by molar-refractivity contribution is -0.137. The molecule has 1 aliphatic carbocycles. The summed E-state index contributed by atoms with van der Waals surface area (Å²) in [6.07, 6.45) is -2.97. The molecule has 0 bridgehead atoms. The highest BCUT2D eigenvalue weighted by Crippen LogP contribution is 2.40. The third-order valence-corrected chi connectivity index (χ3v) is 5.78. The van der Waals surface area contributed by atoms with Crippen LogP contribution >= 0.6 is 0 Å². The van der Waals surface area contributed by atoms with E-state index >= 15 is 0 Å². The monoisotopic (exact) mass is 470 g/mol. The lowest BCUT2D eigenvalue weighted by Gasteiger charge is -2.07. The van der Waals surface area contributed by atoms with Crippen LogP contribution in [0.3, 0.4) is 0 Å². The number of hydrogen-bond acceptors (Lipinski definition) is 5. The van der Waals surface area contributed by atoms with E-state index in [-0.39, 0.29) is 34.0 Å². The average molecular weight is 470 g/mol. The summed E-state index contributed by atoms with van der Waals surface area (Å²) in [5.41, 5.74) is 1.61. The van der Waals surface area contributed by atoms with E-state index in [1.54, 1.807) is 41.9 Å². The first kappa shape index (κ1) is 21.9. The van der Waals surface area contributed by atoms with E-state index in [0.29, 0.717) is 28.0 Å². The minimum absolute atomic E-state index is 0.159. The first-order valence-electron chi connectivity index (χ1n) is 10.3. The molecule has 35 heavy (non-hydrogen) atoms. The largest absolute Gasteiger partial charge is 0.437 e. The molecule has 4 aromatic rings. The predicted molar refractivity (Wildman–Crippen MR) is 120 cm³/mol. The molecule has 1 aliphatic rings. The standard InChI is InChI=1S/C26H13F3N4O2/c1-33-21-11-17(35-25(21)32-24(33)14-6-8-16(9-7-14)26(27,28)29)10-20-22(15(12-30)13-31)18-4-2-3-5-19(18)23(20)34/h2-11H,1H3/b20-10-. The summed E-state index contributed by atoms with van der Waals surface area (Å²) in [6, 6.07) is 16.7. The van der Waals surface area contributed by atoms with E-state index in [9.17, 15) is 28.5 Å². The van der Waals surface area contributed by atoms with Gasteiger partial charge in [-0.3, -0.25) is 4.79 Å². The van der Waals surface area contributed by atoms with Crippen molar-refractivity contribution < 1.29 is 22.4 Å². The molecule has 2 aromatic carbocycles. The van der Waals surface area contributed by atoms with Gasteiger partial charge in [0.05, 0.1) is 5.56 Å². The second-order valence-electron chi connectivity index (χ2n) is 7.82. The molecule has 0 fully saturated rings. The highest BCUT2D eigenvalue weighted by Gasteiger charge is 2.33. The molecule has 0 radical (unpaired) electrons. The van der Waals surface area contributed by atoms with E-state index < -0.39 is 11.7 Å². The molecule has 2 aromatic heterocycles. The average Bonchev–Trinajstić information content (AvgIpc) is 3.47. The molecule has 0 N–H and O–H groups in total. The molecule has 0 amide bonds. The summed E-state index contributed by atoms with van der Waals surface area (Å²) in [5, 5.41) is 18.9. The van der Waals surface area contributed by atoms with Gasteiger partial charge in [-0.25, -0.2) is 0 Å². The lowest BCUT2D eigenvalue weighted by Crippen LogP contribution is -2.04. The Morgan fingerprint density at radius 1 is 1.06 bits per heavy atom. The first-order valence-corrected chi connectivity index (χ1v) is 10.3. The van der Waals surface area contributed by atoms with Gasteiger partial charge in [0.15, 0.2) is 5.78 Å². The van der Waals surface area contributed by atoms with Gasteiger partial charge in [0, 0.05) is 35.4 Å². The number of aromatic nitrogens is 2. The minimum Gasteiger partial charge on any atom is -0.437 e. The van der Waals surface area contributed by atoms with Crippen LogP contribution in [0.15, 0.2) is 70.2 Å². The van der Waals surface area contributed by atoms with Crippen molar-refractivity contribution in [3.63, 3.8) is 0 Å². The van der Waals surface area contributed by atoms with Crippen LogP contribution in [-0.4, -0.2) is 15.3 Å². The fourth-order valence-corrected chi connectivity index (χ4v) is 4.12. The number of furan rings is 1. The van der Waals surface area contributed by atoms with Gasteiger partial charge in [-0.15, -0.1) is 0 Å². The van der Waals surface area contributed by atoms with Gasteiger partial charge in [-0.1, -0.05) is 36.4 Å². The van der Waals surface area contributed by atoms with Crippen molar-refractivity contribution in [3.05, 3.63) is 88.2 Å². The predicted octanol–water partition coefficient (Wildman–Crippen LogP) is 5.93. The number of nitrogens with zero attached hydrogens (tertiary/aromatic N) is 4. The molecule has 2 heterocycles. The van der Waals surface area contributed by atoms with Crippen LogP contribution in [0.2, 0.25) is 0 Å². The molecule has 0 aliphatic heterocycles. The molecular formula is C26H13F3N4O2. The zero-order valence-electron chi connectivity index (χ0n) is 18.0. The van der Waals surface area contributed by atoms with Crippen molar-refractivity contribution in [1.82, 2.24) is 9.55 Å². The summed E-state index contributed by atoms with van der Waals surface area (Å²) >= 11 is 0. The van der Waals surface area contributed by atoms with Crippen molar-refractivity contribution in [2.45, 2.75) is 6.18 Å². The number of benzene rings is 2. The number of Topliss-reactive ketones (excluding diaryl/α,β-unsaturated/α-hetero) is 1. The molecule has 0 spiro atoms. The number of imidazole rings is 1. The second-order valence-corrected chi connectivity index (χ2v) is 7.82. The number of rotatable bonds is 2. The van der Waals surface area contributed by atoms with Crippen LogP contribution < -0.4 is 0 Å². The Morgan fingerprint density at radius 2 is 1.71 bits per heavy atom. The fraction of sp³-hybridized carbons (Fsp3) is 0.0769. The van der Waals surface area contributed by atoms with Crippen molar-refractivity contribution in [1.29, 1.82) is 10.5 Å². The fourth-order valence-electron chi connectivity index (χ4n) is 4.12. The molecule has 0 saturated carbocycles. The van der Waals surface area contributed by atoms with Gasteiger partial charge < -0.3 is 8.98 Å². The number of alkyl halides is 3. The van der Waals surface area contributed by atoms with E-state index in [4.69, 9.17) is 4.42 Å². The normalized spacial score (nSPS) is 14.3. The van der Waals surface area contributed by atoms with Crippen molar-refractivity contribution >= 4 is 28.7 Å². The second kappa shape index (κ2) is 7.86. The zero-order valence-corrected chi connectivity index (χ0v) is 18.0. The number of hydrogen-bond donors (Lipinski definition) is 0. The summed E-state index contributed by atoms with van der Waals surface area (Å²) in [6.45, 7) is 0. The Labute approximate surface area is 196 Å². The molecule has 170 valence electrons. The first-order chi connectivity index (χ1) is 16.7. The van der Waals surface area contributed by atoms with Crippen molar-refractivity contribution in [3.8, 4) is 23.5 Å². The Kier molecular flexibility index (Phi) is 4.92. The Balaban J connectivity index is 1.58. The molecule has 5 rings (SSSR count). The van der Waals surface area contributed by atoms with Crippen molar-refractivity contribution in [2.24, 2.45) is 7.05 Å². The van der Waals surface area contributed by atoms with Crippen LogP contribution in [0.1, 0.15) is 27.2 Å². The van der Waals surface area contributed by atoms with Crippen LogP contribution in [-0.2, 0) is 13.2 Å². The highest BCUT2D eigenvalue weighted by atomic mass is 19.4. The number of aryl methyl sites for hydroxylation is 1. The number of carbonyl (C=O) groups excluding carboxylic acids is 1. The van der Waals surface area contributed by atoms with Crippen LogP contribution in [0.5, 0.6) is 0 Å². The molecule has 0 saturated heterocycles. The molecule has 6 nitrogen and oxygen atoms in total. The topological polar surface area (TPSA) is 95.6 Å². The Bertz CT molecular complexity index is 1650. The lowest BCUT2D eigenvalue weighted by atomic mass is 9.99. The Hall–Kier alpha value is -4.89. The van der Waals surface area contributed by atoms with Crippen LogP contribution in [0.25, 0.3) is 34.3 Å². The minimum atomic E-state index is -4.43.